The van der Waals surface area contributed by atoms with Crippen molar-refractivity contribution in [1.82, 2.24) is 20.4 Å². The normalized spacial score (nSPS) is 11.3. The second kappa shape index (κ2) is 8.41. The number of hydrogen-bond donors (Lipinski definition) is 2. The van der Waals surface area contributed by atoms with E-state index in [-0.39, 0.29) is 28.1 Å². The van der Waals surface area contributed by atoms with E-state index in [2.05, 4.69) is 19.8 Å². The number of benzene rings is 1. The number of halogens is 4. The van der Waals surface area contributed by atoms with Gasteiger partial charge in [-0.3, -0.25) is 9.78 Å². The van der Waals surface area contributed by atoms with Crippen molar-refractivity contribution >= 4 is 23.3 Å². The number of rotatable bonds is 6. The number of nitrogens with zero attached hydrogens (tertiary/aromatic N) is 3. The predicted molar refractivity (Wildman–Crippen MR) is 98.3 cm³/mol. The maximum Gasteiger partial charge on any atom is 0.380 e. The highest BCUT2D eigenvalue weighted by Gasteiger charge is 2.34. The first-order valence-electron chi connectivity index (χ1n) is 8.10. The molecule has 1 amide bonds. The van der Waals surface area contributed by atoms with Crippen LogP contribution in [0.15, 0.2) is 48.7 Å². The van der Waals surface area contributed by atoms with Crippen LogP contribution in [0.5, 0.6) is 0 Å². The first-order valence-corrected chi connectivity index (χ1v) is 8.48. The monoisotopic (exact) mass is 423 g/mol. The number of alkyl halides is 2. The van der Waals surface area contributed by atoms with E-state index in [0.717, 1.165) is 0 Å². The van der Waals surface area contributed by atoms with E-state index in [1.807, 2.05) is 0 Å². The molecule has 0 unspecified atom stereocenters. The van der Waals surface area contributed by atoms with Gasteiger partial charge < -0.3 is 5.73 Å². The maximum absolute atomic E-state index is 14.1. The molecule has 3 rings (SSSR count). The number of carbonyl (C=O) groups excluding carboxylic acids is 1. The molecule has 11 heteroatoms. The molecule has 150 valence electrons. The Morgan fingerprint density at radius 2 is 1.90 bits per heavy atom. The summed E-state index contributed by atoms with van der Waals surface area (Å²) in [6, 6.07) is 9.57. The summed E-state index contributed by atoms with van der Waals surface area (Å²) in [5, 5.41) is -0.200. The SMILES string of the molecule is Nc1nc(-c2ccc(F)cc2)c(Cl)nc1CC(F)(F)ONC(=O)c1ccccn1. The van der Waals surface area contributed by atoms with Crippen molar-refractivity contribution in [3.8, 4) is 11.3 Å². The lowest BCUT2D eigenvalue weighted by atomic mass is 10.1. The van der Waals surface area contributed by atoms with Crippen molar-refractivity contribution < 1.29 is 22.8 Å². The molecule has 0 fully saturated rings. The van der Waals surface area contributed by atoms with E-state index in [9.17, 15) is 18.0 Å². The highest BCUT2D eigenvalue weighted by Crippen LogP contribution is 2.29. The Balaban J connectivity index is 1.72. The van der Waals surface area contributed by atoms with Gasteiger partial charge in [0.1, 0.15) is 23.0 Å². The van der Waals surface area contributed by atoms with E-state index in [0.29, 0.717) is 5.56 Å². The quantitative estimate of drug-likeness (QED) is 0.589. The zero-order chi connectivity index (χ0) is 21.0. The van der Waals surface area contributed by atoms with Gasteiger partial charge in [-0.25, -0.2) is 24.7 Å². The highest BCUT2D eigenvalue weighted by molar-refractivity contribution is 6.31. The van der Waals surface area contributed by atoms with Crippen molar-refractivity contribution in [3.05, 3.63) is 71.0 Å². The number of carbonyl (C=O) groups is 1. The molecule has 0 spiro atoms. The van der Waals surface area contributed by atoms with E-state index >= 15 is 0 Å². The first kappa shape index (κ1) is 20.5. The number of nitrogens with one attached hydrogen (secondary N) is 1. The van der Waals surface area contributed by atoms with Gasteiger partial charge in [-0.15, -0.1) is 0 Å². The topological polar surface area (TPSA) is 103 Å². The average molecular weight is 424 g/mol. The summed E-state index contributed by atoms with van der Waals surface area (Å²) >= 11 is 6.03. The summed E-state index contributed by atoms with van der Waals surface area (Å²) in [6.45, 7) is 0. The molecule has 0 aliphatic rings. The number of nitrogen functional groups attached to an aromatic ring is 1. The van der Waals surface area contributed by atoms with E-state index in [1.165, 1.54) is 42.6 Å². The van der Waals surface area contributed by atoms with Crippen LogP contribution in [0, 0.1) is 5.82 Å². The molecule has 29 heavy (non-hydrogen) atoms. The van der Waals surface area contributed by atoms with Gasteiger partial charge in [-0.2, -0.15) is 8.78 Å². The van der Waals surface area contributed by atoms with Crippen molar-refractivity contribution in [2.45, 2.75) is 12.5 Å². The predicted octanol–water partition coefficient (Wildman–Crippen LogP) is 3.41. The molecule has 0 radical (unpaired) electrons. The van der Waals surface area contributed by atoms with Crippen LogP contribution in [0.1, 0.15) is 16.2 Å². The van der Waals surface area contributed by atoms with E-state index in [4.69, 9.17) is 17.3 Å². The Morgan fingerprint density at radius 1 is 1.17 bits per heavy atom. The Bertz CT molecular complexity index is 1020. The maximum atomic E-state index is 14.1. The molecular formula is C18H13ClF3N5O2. The third kappa shape index (κ3) is 5.18. The van der Waals surface area contributed by atoms with Crippen molar-refractivity contribution in [2.24, 2.45) is 0 Å². The number of hydrogen-bond acceptors (Lipinski definition) is 6. The lowest BCUT2D eigenvalue weighted by Gasteiger charge is -2.17. The minimum absolute atomic E-state index is 0.102. The fraction of sp³-hybridized carbons (Fsp3) is 0.111. The van der Waals surface area contributed by atoms with Crippen LogP contribution in [-0.2, 0) is 11.3 Å². The molecule has 0 aliphatic carbocycles. The van der Waals surface area contributed by atoms with Gasteiger partial charge in [0.05, 0.1) is 12.1 Å². The largest absolute Gasteiger partial charge is 0.382 e. The van der Waals surface area contributed by atoms with E-state index in [1.54, 1.807) is 11.5 Å². The van der Waals surface area contributed by atoms with Gasteiger partial charge in [0.15, 0.2) is 5.15 Å². The summed E-state index contributed by atoms with van der Waals surface area (Å²) in [5.41, 5.74) is 7.43. The zero-order valence-corrected chi connectivity index (χ0v) is 15.3. The van der Waals surface area contributed by atoms with Crippen LogP contribution in [0.3, 0.4) is 0 Å². The number of hydroxylamine groups is 1. The van der Waals surface area contributed by atoms with Crippen LogP contribution in [-0.4, -0.2) is 27.0 Å². The van der Waals surface area contributed by atoms with Gasteiger partial charge >= 0.3 is 6.11 Å². The van der Waals surface area contributed by atoms with Gasteiger partial charge in [0, 0.05) is 11.8 Å². The second-order valence-electron chi connectivity index (χ2n) is 5.76. The molecular weight excluding hydrogens is 411 g/mol. The van der Waals surface area contributed by atoms with Crippen LogP contribution in [0.2, 0.25) is 5.15 Å². The minimum atomic E-state index is -3.85. The van der Waals surface area contributed by atoms with Crippen LogP contribution in [0.4, 0.5) is 19.0 Å². The number of amides is 1. The summed E-state index contributed by atoms with van der Waals surface area (Å²) in [4.78, 5) is 27.5. The van der Waals surface area contributed by atoms with Crippen LogP contribution < -0.4 is 11.2 Å². The molecule has 2 heterocycles. The fourth-order valence-corrected chi connectivity index (χ4v) is 2.54. The number of anilines is 1. The van der Waals surface area contributed by atoms with Crippen molar-refractivity contribution in [2.75, 3.05) is 5.73 Å². The molecule has 2 aromatic heterocycles. The molecule has 0 atom stereocenters. The third-order valence-electron chi connectivity index (χ3n) is 3.64. The van der Waals surface area contributed by atoms with E-state index < -0.39 is 24.3 Å². The summed E-state index contributed by atoms with van der Waals surface area (Å²) in [7, 11) is 0. The van der Waals surface area contributed by atoms with Gasteiger partial charge in [0.25, 0.3) is 5.91 Å². The van der Waals surface area contributed by atoms with Crippen LogP contribution >= 0.6 is 11.6 Å². The molecule has 1 aromatic carbocycles. The molecule has 7 nitrogen and oxygen atoms in total. The third-order valence-corrected chi connectivity index (χ3v) is 3.90. The molecule has 0 aliphatic heterocycles. The number of nitrogens with two attached hydrogens (primary N) is 1. The highest BCUT2D eigenvalue weighted by atomic mass is 35.5. The smallest absolute Gasteiger partial charge is 0.380 e. The van der Waals surface area contributed by atoms with Gasteiger partial charge in [0.2, 0.25) is 0 Å². The number of aromatic nitrogens is 3. The minimum Gasteiger partial charge on any atom is -0.382 e. The standard InChI is InChI=1S/C18H13ClF3N5O2/c19-15-14(10-4-6-11(20)7-5-10)26-16(23)13(25-15)9-18(21,22)29-27-17(28)12-3-1-2-8-24-12/h1-8H,9H2,(H2,23,26)(H,27,28). The lowest BCUT2D eigenvalue weighted by Crippen LogP contribution is -2.36. The molecule has 3 N–H and O–H groups in total. The fourth-order valence-electron chi connectivity index (χ4n) is 2.28. The Labute approximate surface area is 167 Å². The molecule has 3 aromatic rings. The van der Waals surface area contributed by atoms with Crippen LogP contribution in [0.25, 0.3) is 11.3 Å². The summed E-state index contributed by atoms with van der Waals surface area (Å²) in [5.74, 6) is -1.73. The molecule has 0 saturated heterocycles. The summed E-state index contributed by atoms with van der Waals surface area (Å²) < 4.78 is 41.2. The zero-order valence-electron chi connectivity index (χ0n) is 14.6. The van der Waals surface area contributed by atoms with Gasteiger partial charge in [-0.05, 0) is 36.4 Å². The van der Waals surface area contributed by atoms with Gasteiger partial charge in [-0.1, -0.05) is 17.7 Å². The molecule has 0 saturated carbocycles. The second-order valence-corrected chi connectivity index (χ2v) is 6.12. The first-order chi connectivity index (χ1) is 13.7. The Hall–Kier alpha value is -3.24. The average Bonchev–Trinajstić information content (AvgIpc) is 2.70. The van der Waals surface area contributed by atoms with Crippen molar-refractivity contribution in [1.29, 1.82) is 0 Å². The lowest BCUT2D eigenvalue weighted by molar-refractivity contribution is -0.261. The summed E-state index contributed by atoms with van der Waals surface area (Å²) in [6.07, 6.45) is -3.63. The van der Waals surface area contributed by atoms with Crippen molar-refractivity contribution in [3.63, 3.8) is 0 Å². The number of pyridine rings is 1. The Morgan fingerprint density at radius 3 is 2.55 bits per heavy atom. The molecule has 0 bridgehead atoms. The Kier molecular flexibility index (Phi) is 5.95.